The van der Waals surface area contributed by atoms with Gasteiger partial charge in [-0.05, 0) is 48.6 Å². The topological polar surface area (TPSA) is 17.0 Å². The lowest BCUT2D eigenvalue weighted by molar-refractivity contribution is -0.660. The third-order valence-electron chi connectivity index (χ3n) is 6.42. The zero-order valence-corrected chi connectivity index (χ0v) is 19.2. The van der Waals surface area contributed by atoms with E-state index in [1.165, 1.54) is 11.1 Å². The number of aryl methyl sites for hydroxylation is 3. The molecule has 5 rings (SSSR count). The summed E-state index contributed by atoms with van der Waals surface area (Å²) in [5, 5.41) is 1.94. The van der Waals surface area contributed by atoms with E-state index < -0.39 is 0 Å². The number of rotatable bonds is 3. The smallest absolute Gasteiger partial charge is 0.216 e. The molecule has 3 aromatic carbocycles. The van der Waals surface area contributed by atoms with Gasteiger partial charge in [0.1, 0.15) is 24.0 Å². The number of pyridine rings is 1. The fourth-order valence-electron chi connectivity index (χ4n) is 4.84. The van der Waals surface area contributed by atoms with Crippen molar-refractivity contribution in [3.05, 3.63) is 89.4 Å². The molecule has 0 saturated carbocycles. The van der Waals surface area contributed by atoms with Crippen molar-refractivity contribution in [2.75, 3.05) is 0 Å². The van der Waals surface area contributed by atoms with Crippen LogP contribution in [0.4, 0.5) is 4.39 Å². The predicted molar refractivity (Wildman–Crippen MR) is 129 cm³/mol. The highest BCUT2D eigenvalue weighted by molar-refractivity contribution is 6.13. The summed E-state index contributed by atoms with van der Waals surface area (Å²) in [4.78, 5) is 0. The van der Waals surface area contributed by atoms with Crippen molar-refractivity contribution in [1.82, 2.24) is 0 Å². The van der Waals surface area contributed by atoms with Gasteiger partial charge in [0.2, 0.25) is 5.69 Å². The molecule has 0 aliphatic heterocycles. The molecule has 0 unspecified atom stereocenters. The molecule has 0 amide bonds. The van der Waals surface area contributed by atoms with E-state index in [1.54, 1.807) is 6.07 Å². The fourth-order valence-corrected chi connectivity index (χ4v) is 4.84. The summed E-state index contributed by atoms with van der Waals surface area (Å²) in [6, 6.07) is 19.5. The Bertz CT molecular complexity index is 1480. The molecule has 2 heterocycles. The first-order chi connectivity index (χ1) is 15.4. The van der Waals surface area contributed by atoms with E-state index in [9.17, 15) is 0 Å². The van der Waals surface area contributed by atoms with Crippen molar-refractivity contribution in [1.29, 1.82) is 0 Å². The first kappa shape index (κ1) is 20.4. The number of hydrogen-bond donors (Lipinski definition) is 0. The Morgan fingerprint density at radius 2 is 1.47 bits per heavy atom. The first-order valence-corrected chi connectivity index (χ1v) is 11.1. The zero-order valence-electron chi connectivity index (χ0n) is 19.2. The van der Waals surface area contributed by atoms with Crippen molar-refractivity contribution >= 4 is 21.9 Å². The number of aromatic nitrogens is 1. The summed E-state index contributed by atoms with van der Waals surface area (Å²) in [6.45, 7) is 8.70. The van der Waals surface area contributed by atoms with Gasteiger partial charge in [-0.15, -0.1) is 0 Å². The third-order valence-corrected chi connectivity index (χ3v) is 6.42. The van der Waals surface area contributed by atoms with Crippen LogP contribution in [0.2, 0.25) is 0 Å². The minimum atomic E-state index is -0.274. The molecule has 0 saturated heterocycles. The Morgan fingerprint density at radius 3 is 2.16 bits per heavy atom. The van der Waals surface area contributed by atoms with Crippen LogP contribution in [-0.4, -0.2) is 0 Å². The van der Waals surface area contributed by atoms with Gasteiger partial charge in [0, 0.05) is 22.4 Å². The Kier molecular flexibility index (Phi) is 4.85. The van der Waals surface area contributed by atoms with Gasteiger partial charge in [-0.3, -0.25) is 0 Å². The molecule has 2 aromatic heterocycles. The average molecular weight is 425 g/mol. The lowest BCUT2D eigenvalue weighted by Gasteiger charge is -2.12. The highest BCUT2D eigenvalue weighted by atomic mass is 19.1. The van der Waals surface area contributed by atoms with Crippen LogP contribution >= 0.6 is 0 Å². The Hall–Kier alpha value is -3.46. The Morgan fingerprint density at radius 1 is 0.812 bits per heavy atom. The van der Waals surface area contributed by atoms with Crippen LogP contribution in [0.15, 0.2) is 71.3 Å². The quantitative estimate of drug-likeness (QED) is 0.272. The van der Waals surface area contributed by atoms with E-state index in [-0.39, 0.29) is 5.82 Å². The molecule has 3 heteroatoms. The number of fused-ring (bicyclic) bond motifs is 3. The summed E-state index contributed by atoms with van der Waals surface area (Å²) in [6.07, 6.45) is 2.18. The van der Waals surface area contributed by atoms with E-state index >= 15 is 4.39 Å². The van der Waals surface area contributed by atoms with Gasteiger partial charge in [0.15, 0.2) is 6.20 Å². The number of halogens is 1. The van der Waals surface area contributed by atoms with E-state index in [1.807, 2.05) is 36.4 Å². The fraction of sp³-hybridized carbons (Fsp3) is 0.207. The van der Waals surface area contributed by atoms with Gasteiger partial charge >= 0.3 is 0 Å². The number of hydrogen-bond acceptors (Lipinski definition) is 1. The second kappa shape index (κ2) is 7.59. The molecule has 0 aliphatic rings. The van der Waals surface area contributed by atoms with E-state index in [2.05, 4.69) is 63.7 Å². The predicted octanol–water partition coefficient (Wildman–Crippen LogP) is 7.62. The summed E-state index contributed by atoms with van der Waals surface area (Å²) >= 11 is 0. The van der Waals surface area contributed by atoms with Crippen LogP contribution in [0.5, 0.6) is 0 Å². The highest BCUT2D eigenvalue weighted by Gasteiger charge is 2.24. The van der Waals surface area contributed by atoms with Crippen LogP contribution in [-0.2, 0) is 7.05 Å². The van der Waals surface area contributed by atoms with Crippen molar-refractivity contribution in [3.63, 3.8) is 0 Å². The number of furan rings is 1. The largest absolute Gasteiger partial charge is 0.454 e. The molecular formula is C29H27FNO+. The first-order valence-electron chi connectivity index (χ1n) is 11.1. The maximum absolute atomic E-state index is 15.0. The van der Waals surface area contributed by atoms with E-state index in [0.29, 0.717) is 17.1 Å². The molecule has 0 spiro atoms. The average Bonchev–Trinajstić information content (AvgIpc) is 3.13. The van der Waals surface area contributed by atoms with Crippen molar-refractivity contribution in [2.45, 2.75) is 33.6 Å². The molecule has 0 N–H and O–H groups in total. The summed E-state index contributed by atoms with van der Waals surface area (Å²) in [7, 11) is 2.07. The summed E-state index contributed by atoms with van der Waals surface area (Å²) < 4.78 is 23.7. The molecule has 0 aliphatic carbocycles. The van der Waals surface area contributed by atoms with Crippen molar-refractivity contribution in [2.24, 2.45) is 7.05 Å². The van der Waals surface area contributed by atoms with Gasteiger partial charge in [-0.1, -0.05) is 56.3 Å². The van der Waals surface area contributed by atoms with Gasteiger partial charge in [0.25, 0.3) is 0 Å². The summed E-state index contributed by atoms with van der Waals surface area (Å²) in [5.74, 6) is 0.146. The molecule has 32 heavy (non-hydrogen) atoms. The third kappa shape index (κ3) is 3.12. The lowest BCUT2D eigenvalue weighted by Crippen LogP contribution is -2.32. The molecule has 2 nitrogen and oxygen atoms in total. The molecule has 0 bridgehead atoms. The monoisotopic (exact) mass is 424 g/mol. The van der Waals surface area contributed by atoms with Gasteiger partial charge in [-0.25, -0.2) is 8.96 Å². The standard InChI is InChI=1S/C29H27FNO/c1-17(2)23-15-25(31(5)16-19(23)4)26-18(3)11-12-21-22-13-14-24(30)27(29(22)32-28(21)26)20-9-7-6-8-10-20/h6-17H,1-5H3/q+1. The van der Waals surface area contributed by atoms with Gasteiger partial charge in [0.05, 0.1) is 11.1 Å². The van der Waals surface area contributed by atoms with Crippen LogP contribution in [0, 0.1) is 19.7 Å². The minimum Gasteiger partial charge on any atom is -0.454 e. The molecule has 160 valence electrons. The highest BCUT2D eigenvalue weighted by Crippen LogP contribution is 2.41. The summed E-state index contributed by atoms with van der Waals surface area (Å²) in [5.41, 5.74) is 8.61. The van der Waals surface area contributed by atoms with Crippen LogP contribution in [0.1, 0.15) is 36.5 Å². The molecular weight excluding hydrogens is 397 g/mol. The van der Waals surface area contributed by atoms with Gasteiger partial charge < -0.3 is 4.42 Å². The van der Waals surface area contributed by atoms with Crippen molar-refractivity contribution < 1.29 is 13.4 Å². The molecule has 5 aromatic rings. The SMILES string of the molecule is Cc1c[n+](C)c(-c2c(C)ccc3c2oc2c(-c4ccccc4)c(F)ccc23)cc1C(C)C. The maximum Gasteiger partial charge on any atom is 0.216 e. The molecule has 0 fully saturated rings. The zero-order chi connectivity index (χ0) is 22.6. The molecule has 0 atom stereocenters. The Balaban J connectivity index is 1.88. The van der Waals surface area contributed by atoms with Crippen LogP contribution in [0.3, 0.4) is 0 Å². The van der Waals surface area contributed by atoms with Crippen LogP contribution < -0.4 is 4.57 Å². The van der Waals surface area contributed by atoms with Crippen LogP contribution in [0.25, 0.3) is 44.3 Å². The minimum absolute atomic E-state index is 0.274. The number of benzene rings is 3. The van der Waals surface area contributed by atoms with E-state index in [0.717, 1.165) is 38.7 Å². The van der Waals surface area contributed by atoms with Crippen molar-refractivity contribution in [3.8, 4) is 22.4 Å². The number of nitrogens with zero attached hydrogens (tertiary/aromatic N) is 1. The second-order valence-electron chi connectivity index (χ2n) is 8.96. The Labute approximate surface area is 187 Å². The molecule has 0 radical (unpaired) electrons. The second-order valence-corrected chi connectivity index (χ2v) is 8.96. The normalized spacial score (nSPS) is 11.7. The maximum atomic E-state index is 15.0. The van der Waals surface area contributed by atoms with Gasteiger partial charge in [-0.2, -0.15) is 0 Å². The lowest BCUT2D eigenvalue weighted by atomic mass is 9.94. The van der Waals surface area contributed by atoms with E-state index in [4.69, 9.17) is 4.42 Å².